The number of nitrogens with zero attached hydrogens (tertiary/aromatic N) is 1. The van der Waals surface area contributed by atoms with E-state index >= 15 is 0 Å². The molecular formula is C22H20BrN3O3S. The molecule has 0 spiro atoms. The Morgan fingerprint density at radius 2 is 2.10 bits per heavy atom. The van der Waals surface area contributed by atoms with Gasteiger partial charge in [-0.2, -0.15) is 5.26 Å². The van der Waals surface area contributed by atoms with Crippen molar-refractivity contribution in [1.82, 2.24) is 10.6 Å². The van der Waals surface area contributed by atoms with Crippen LogP contribution in [-0.4, -0.2) is 24.7 Å². The van der Waals surface area contributed by atoms with Crippen molar-refractivity contribution in [3.8, 4) is 11.8 Å². The van der Waals surface area contributed by atoms with E-state index in [4.69, 9.17) is 4.74 Å². The minimum atomic E-state index is -0.328. The molecule has 2 N–H and O–H groups in total. The van der Waals surface area contributed by atoms with Crippen LogP contribution in [-0.2, 0) is 16.1 Å². The molecule has 0 aliphatic carbocycles. The van der Waals surface area contributed by atoms with Crippen molar-refractivity contribution in [2.75, 3.05) is 12.9 Å². The van der Waals surface area contributed by atoms with E-state index in [2.05, 4.69) is 32.6 Å². The van der Waals surface area contributed by atoms with Gasteiger partial charge in [0.1, 0.15) is 5.75 Å². The van der Waals surface area contributed by atoms with E-state index in [9.17, 15) is 14.9 Å². The zero-order valence-electron chi connectivity index (χ0n) is 16.3. The Bertz CT molecular complexity index is 1020. The molecule has 2 aromatic rings. The molecule has 0 bridgehead atoms. The highest BCUT2D eigenvalue weighted by molar-refractivity contribution is 9.10. The number of rotatable bonds is 7. The van der Waals surface area contributed by atoms with Crippen molar-refractivity contribution in [3.05, 3.63) is 74.7 Å². The summed E-state index contributed by atoms with van der Waals surface area (Å²) in [4.78, 5) is 24.5. The van der Waals surface area contributed by atoms with Gasteiger partial charge in [-0.1, -0.05) is 52.0 Å². The number of hydrogen-bond acceptors (Lipinski definition) is 5. The number of nitrogens with one attached hydrogen (secondary N) is 2. The quantitative estimate of drug-likeness (QED) is 0.621. The number of nitriles is 1. The zero-order valence-corrected chi connectivity index (χ0v) is 18.7. The fourth-order valence-electron chi connectivity index (χ4n) is 3.07. The Labute approximate surface area is 187 Å². The number of hydrogen-bond donors (Lipinski definition) is 2. The number of amides is 2. The van der Waals surface area contributed by atoms with E-state index in [1.54, 1.807) is 7.11 Å². The molecule has 0 saturated carbocycles. The Hall–Kier alpha value is -2.76. The lowest BCUT2D eigenvalue weighted by Gasteiger charge is -2.25. The van der Waals surface area contributed by atoms with Crippen molar-refractivity contribution in [2.45, 2.75) is 18.9 Å². The summed E-state index contributed by atoms with van der Waals surface area (Å²) in [7, 11) is 1.60. The van der Waals surface area contributed by atoms with E-state index in [0.717, 1.165) is 21.3 Å². The second-order valence-electron chi connectivity index (χ2n) is 6.63. The monoisotopic (exact) mass is 485 g/mol. The number of allylic oxidation sites excluding steroid dienone is 1. The van der Waals surface area contributed by atoms with E-state index in [1.165, 1.54) is 11.8 Å². The molecule has 1 atom stereocenters. The highest BCUT2D eigenvalue weighted by Crippen LogP contribution is 2.36. The lowest BCUT2D eigenvalue weighted by Crippen LogP contribution is -2.32. The summed E-state index contributed by atoms with van der Waals surface area (Å²) in [5, 5.41) is 15.8. The molecule has 0 fully saturated rings. The molecule has 1 aliphatic heterocycles. The molecule has 1 heterocycles. The highest BCUT2D eigenvalue weighted by Gasteiger charge is 2.29. The van der Waals surface area contributed by atoms with Crippen LogP contribution in [0.15, 0.2) is 63.6 Å². The van der Waals surface area contributed by atoms with Gasteiger partial charge < -0.3 is 15.4 Å². The van der Waals surface area contributed by atoms with Crippen LogP contribution >= 0.6 is 27.7 Å². The topological polar surface area (TPSA) is 91.2 Å². The summed E-state index contributed by atoms with van der Waals surface area (Å²) in [5.74, 6) is 0.178. The number of thioether (sulfide) groups is 1. The third-order valence-corrected chi connectivity index (χ3v) is 6.11. The summed E-state index contributed by atoms with van der Waals surface area (Å²) in [5.41, 5.74) is 2.31. The van der Waals surface area contributed by atoms with Gasteiger partial charge in [-0.15, -0.1) is 0 Å². The standard InChI is InChI=1S/C22H20BrN3O3S/c1-29-17-7-5-14(6-8-17)12-25-21(28)13-30-22-19(11-24)18(10-20(27)26-22)15-3-2-4-16(23)9-15/h2-9,18H,10,12-13H2,1H3,(H,25,28)(H,26,27)/t18-/m1/s1. The van der Waals surface area contributed by atoms with E-state index in [0.29, 0.717) is 17.1 Å². The number of benzene rings is 2. The lowest BCUT2D eigenvalue weighted by atomic mass is 9.87. The lowest BCUT2D eigenvalue weighted by molar-refractivity contribution is -0.121. The smallest absolute Gasteiger partial charge is 0.230 e. The van der Waals surface area contributed by atoms with Gasteiger partial charge >= 0.3 is 0 Å². The molecule has 0 unspecified atom stereocenters. The first-order chi connectivity index (χ1) is 14.5. The highest BCUT2D eigenvalue weighted by atomic mass is 79.9. The Kier molecular flexibility index (Phi) is 7.55. The van der Waals surface area contributed by atoms with Gasteiger partial charge in [0.2, 0.25) is 11.8 Å². The van der Waals surface area contributed by atoms with Gasteiger partial charge in [0.25, 0.3) is 0 Å². The van der Waals surface area contributed by atoms with Crippen molar-refractivity contribution in [3.63, 3.8) is 0 Å². The maximum atomic E-state index is 12.3. The fourth-order valence-corrected chi connectivity index (χ4v) is 4.40. The average molecular weight is 486 g/mol. The molecule has 2 amide bonds. The van der Waals surface area contributed by atoms with Crippen LogP contribution in [0.5, 0.6) is 5.75 Å². The van der Waals surface area contributed by atoms with E-state index in [1.807, 2.05) is 48.5 Å². The number of halogens is 1. The molecule has 0 radical (unpaired) electrons. The van der Waals surface area contributed by atoms with Gasteiger partial charge in [-0.3, -0.25) is 9.59 Å². The number of ether oxygens (including phenoxy) is 1. The SMILES string of the molecule is COc1ccc(CNC(=O)CSC2=C(C#N)[C@@H](c3cccc(Br)c3)CC(=O)N2)cc1. The molecule has 30 heavy (non-hydrogen) atoms. The normalized spacial score (nSPS) is 15.9. The van der Waals surface area contributed by atoms with Crippen LogP contribution in [0.1, 0.15) is 23.5 Å². The fraction of sp³-hybridized carbons (Fsp3) is 0.227. The third-order valence-electron chi connectivity index (χ3n) is 4.60. The van der Waals surface area contributed by atoms with E-state index in [-0.39, 0.29) is 29.9 Å². The minimum Gasteiger partial charge on any atom is -0.497 e. The Balaban J connectivity index is 1.65. The van der Waals surface area contributed by atoms with Gasteiger partial charge in [-0.25, -0.2) is 0 Å². The largest absolute Gasteiger partial charge is 0.497 e. The van der Waals surface area contributed by atoms with Crippen LogP contribution in [0.2, 0.25) is 0 Å². The second kappa shape index (κ2) is 10.3. The number of carbonyl (C=O) groups is 2. The predicted molar refractivity (Wildman–Crippen MR) is 120 cm³/mol. The summed E-state index contributed by atoms with van der Waals surface area (Å²) in [6.07, 6.45) is 0.201. The van der Waals surface area contributed by atoms with Crippen molar-refractivity contribution in [2.24, 2.45) is 0 Å². The van der Waals surface area contributed by atoms with Gasteiger partial charge in [0.15, 0.2) is 0 Å². The first-order valence-electron chi connectivity index (χ1n) is 9.22. The molecule has 1 aliphatic rings. The van der Waals surface area contributed by atoms with Gasteiger partial charge in [0, 0.05) is 23.4 Å². The molecule has 2 aromatic carbocycles. The third kappa shape index (κ3) is 5.65. The number of methoxy groups -OCH3 is 1. The van der Waals surface area contributed by atoms with Gasteiger partial charge in [0.05, 0.1) is 29.5 Å². The molecule has 3 rings (SSSR count). The minimum absolute atomic E-state index is 0.0994. The maximum absolute atomic E-state index is 12.3. The first-order valence-corrected chi connectivity index (χ1v) is 11.0. The van der Waals surface area contributed by atoms with Crippen molar-refractivity contribution in [1.29, 1.82) is 5.26 Å². The van der Waals surface area contributed by atoms with Crippen LogP contribution in [0.25, 0.3) is 0 Å². The summed E-state index contributed by atoms with van der Waals surface area (Å²) < 4.78 is 6.00. The molecule has 0 aromatic heterocycles. The van der Waals surface area contributed by atoms with Gasteiger partial charge in [-0.05, 0) is 35.4 Å². The van der Waals surface area contributed by atoms with Crippen molar-refractivity contribution < 1.29 is 14.3 Å². The van der Waals surface area contributed by atoms with Crippen LogP contribution < -0.4 is 15.4 Å². The molecule has 6 nitrogen and oxygen atoms in total. The van der Waals surface area contributed by atoms with Crippen molar-refractivity contribution >= 4 is 39.5 Å². The Morgan fingerprint density at radius 3 is 2.77 bits per heavy atom. The molecule has 0 saturated heterocycles. The second-order valence-corrected chi connectivity index (χ2v) is 8.53. The van der Waals surface area contributed by atoms with Crippen LogP contribution in [0.3, 0.4) is 0 Å². The average Bonchev–Trinajstić information content (AvgIpc) is 2.76. The molecule has 8 heteroatoms. The van der Waals surface area contributed by atoms with Crippen LogP contribution in [0.4, 0.5) is 0 Å². The number of carbonyl (C=O) groups excluding carboxylic acids is 2. The summed E-state index contributed by atoms with van der Waals surface area (Å²) in [6, 6.07) is 17.2. The zero-order chi connectivity index (χ0) is 21.5. The Morgan fingerprint density at radius 1 is 1.33 bits per heavy atom. The maximum Gasteiger partial charge on any atom is 0.230 e. The summed E-state index contributed by atoms with van der Waals surface area (Å²) in [6.45, 7) is 0.389. The molecule has 154 valence electrons. The summed E-state index contributed by atoms with van der Waals surface area (Å²) >= 11 is 4.60. The molecular weight excluding hydrogens is 466 g/mol. The predicted octanol–water partition coefficient (Wildman–Crippen LogP) is 3.85. The van der Waals surface area contributed by atoms with E-state index < -0.39 is 0 Å². The first kappa shape index (κ1) is 21.9. The van der Waals surface area contributed by atoms with Crippen LogP contribution in [0, 0.1) is 11.3 Å².